The maximum Gasteiger partial charge on any atom is 0.118 e. The Morgan fingerprint density at radius 3 is 2.52 bits per heavy atom. The molecule has 0 saturated carbocycles. The summed E-state index contributed by atoms with van der Waals surface area (Å²) < 4.78 is 5.11. The van der Waals surface area contributed by atoms with E-state index in [1.54, 1.807) is 7.11 Å². The van der Waals surface area contributed by atoms with Crippen molar-refractivity contribution in [3.8, 4) is 17.6 Å². The van der Waals surface area contributed by atoms with Crippen molar-refractivity contribution in [2.75, 3.05) is 7.11 Å². The van der Waals surface area contributed by atoms with Crippen LogP contribution >= 0.6 is 0 Å². The van der Waals surface area contributed by atoms with E-state index < -0.39 is 6.10 Å². The largest absolute Gasteiger partial charge is 0.497 e. The van der Waals surface area contributed by atoms with Gasteiger partial charge in [0.05, 0.1) is 13.2 Å². The van der Waals surface area contributed by atoms with E-state index in [1.165, 1.54) is 0 Å². The molecule has 2 heteroatoms. The molecule has 0 spiro atoms. The minimum absolute atomic E-state index is 0.526. The van der Waals surface area contributed by atoms with E-state index in [4.69, 9.17) is 4.74 Å². The van der Waals surface area contributed by atoms with Gasteiger partial charge in [0.25, 0.3) is 0 Å². The van der Waals surface area contributed by atoms with E-state index >= 15 is 0 Å². The van der Waals surface area contributed by atoms with Crippen LogP contribution in [0.5, 0.6) is 5.75 Å². The molecular weight excluding hydrogens is 284 g/mol. The van der Waals surface area contributed by atoms with Gasteiger partial charge in [-0.1, -0.05) is 54.3 Å². The lowest BCUT2D eigenvalue weighted by Gasteiger charge is -2.04. The third kappa shape index (κ3) is 6.02. The molecule has 0 aliphatic heterocycles. The second kappa shape index (κ2) is 9.50. The Labute approximate surface area is 138 Å². The van der Waals surface area contributed by atoms with Crippen LogP contribution in [-0.4, -0.2) is 12.2 Å². The number of unbranched alkanes of at least 4 members (excludes halogenated alkanes) is 2. The van der Waals surface area contributed by atoms with Gasteiger partial charge in [0.2, 0.25) is 0 Å². The van der Waals surface area contributed by atoms with E-state index in [1.807, 2.05) is 66.7 Å². The number of aliphatic hydroxyl groups excluding tert-OH is 1. The summed E-state index contributed by atoms with van der Waals surface area (Å²) in [4.78, 5) is 0. The quantitative estimate of drug-likeness (QED) is 0.483. The van der Waals surface area contributed by atoms with E-state index in [0.717, 1.165) is 36.1 Å². The number of hydrogen-bond donors (Lipinski definition) is 1. The van der Waals surface area contributed by atoms with Gasteiger partial charge in [0, 0.05) is 12.0 Å². The highest BCUT2D eigenvalue weighted by Crippen LogP contribution is 2.14. The maximum absolute atomic E-state index is 9.99. The van der Waals surface area contributed by atoms with Gasteiger partial charge in [-0.3, -0.25) is 0 Å². The molecule has 2 rings (SSSR count). The monoisotopic (exact) mass is 306 g/mol. The lowest BCUT2D eigenvalue weighted by atomic mass is 10.1. The fourth-order valence-electron chi connectivity index (χ4n) is 2.13. The highest BCUT2D eigenvalue weighted by Gasteiger charge is 2.00. The smallest absolute Gasteiger partial charge is 0.118 e. The maximum atomic E-state index is 9.99. The first-order chi connectivity index (χ1) is 11.3. The average molecular weight is 306 g/mol. The average Bonchev–Trinajstić information content (AvgIpc) is 2.62. The summed E-state index contributed by atoms with van der Waals surface area (Å²) in [5.74, 6) is 7.16. The van der Waals surface area contributed by atoms with Crippen molar-refractivity contribution >= 4 is 0 Å². The van der Waals surface area contributed by atoms with Crippen LogP contribution in [0.4, 0.5) is 0 Å². The molecule has 0 aliphatic rings. The second-order valence-electron chi connectivity index (χ2n) is 5.21. The molecule has 23 heavy (non-hydrogen) atoms. The first-order valence-corrected chi connectivity index (χ1v) is 7.82. The molecule has 0 amide bonds. The van der Waals surface area contributed by atoms with Crippen LogP contribution in [0.2, 0.25) is 0 Å². The van der Waals surface area contributed by atoms with Crippen molar-refractivity contribution in [3.05, 3.63) is 77.9 Å². The highest BCUT2D eigenvalue weighted by molar-refractivity contribution is 5.38. The van der Waals surface area contributed by atoms with Crippen molar-refractivity contribution in [2.24, 2.45) is 0 Å². The van der Waals surface area contributed by atoms with Crippen LogP contribution in [0, 0.1) is 11.8 Å². The van der Waals surface area contributed by atoms with Crippen molar-refractivity contribution in [2.45, 2.75) is 25.4 Å². The van der Waals surface area contributed by atoms with Gasteiger partial charge in [-0.15, -0.1) is 0 Å². The molecule has 118 valence electrons. The van der Waals surface area contributed by atoms with Crippen LogP contribution in [0.25, 0.3) is 0 Å². The Hall–Kier alpha value is -2.50. The first kappa shape index (κ1) is 16.9. The van der Waals surface area contributed by atoms with Gasteiger partial charge < -0.3 is 9.84 Å². The van der Waals surface area contributed by atoms with Crippen LogP contribution in [0.1, 0.15) is 36.5 Å². The molecule has 1 atom stereocenters. The molecule has 0 fully saturated rings. The minimum atomic E-state index is -0.526. The molecule has 0 aliphatic carbocycles. The Balaban J connectivity index is 1.69. The molecular formula is C21H22O2. The molecule has 0 aromatic heterocycles. The fraction of sp³-hybridized carbons (Fsp3) is 0.238. The summed E-state index contributed by atoms with van der Waals surface area (Å²) in [5, 5.41) is 9.99. The number of benzene rings is 2. The Kier molecular flexibility index (Phi) is 6.97. The van der Waals surface area contributed by atoms with Crippen molar-refractivity contribution < 1.29 is 9.84 Å². The Morgan fingerprint density at radius 1 is 1.09 bits per heavy atom. The van der Waals surface area contributed by atoms with E-state index in [2.05, 4.69) is 11.8 Å². The predicted octanol–water partition coefficient (Wildman–Crippen LogP) is 4.51. The summed E-state index contributed by atoms with van der Waals surface area (Å²) in [6.07, 6.45) is 6.08. The highest BCUT2D eigenvalue weighted by atomic mass is 16.5. The zero-order chi connectivity index (χ0) is 16.3. The summed E-state index contributed by atoms with van der Waals surface area (Å²) in [5.41, 5.74) is 1.92. The molecule has 1 N–H and O–H groups in total. The van der Waals surface area contributed by atoms with Crippen molar-refractivity contribution in [1.29, 1.82) is 0 Å². The summed E-state index contributed by atoms with van der Waals surface area (Å²) in [7, 11) is 1.66. The van der Waals surface area contributed by atoms with E-state index in [9.17, 15) is 5.11 Å². The van der Waals surface area contributed by atoms with Crippen LogP contribution < -0.4 is 4.74 Å². The summed E-state index contributed by atoms with van der Waals surface area (Å²) >= 11 is 0. The SMILES string of the molecule is COc1ccc(C#CCCC/C=C/C(O)c2ccccc2)cc1. The lowest BCUT2D eigenvalue weighted by Crippen LogP contribution is -1.91. The van der Waals surface area contributed by atoms with Gasteiger partial charge in [-0.25, -0.2) is 0 Å². The molecule has 0 bridgehead atoms. The standard InChI is InChI=1S/C21H22O2/c1-23-20-16-14-18(15-17-20)10-6-3-2-4-9-13-21(22)19-11-7-5-8-12-19/h5,7-9,11-17,21-22H,2-4H2,1H3/b13-9+. The molecule has 0 heterocycles. The third-order valence-corrected chi connectivity index (χ3v) is 3.45. The normalized spacial score (nSPS) is 11.7. The van der Waals surface area contributed by atoms with Crippen molar-refractivity contribution in [1.82, 2.24) is 0 Å². The number of allylic oxidation sites excluding steroid dienone is 1. The number of rotatable bonds is 6. The van der Waals surface area contributed by atoms with Gasteiger partial charge in [-0.2, -0.15) is 0 Å². The molecule has 0 radical (unpaired) electrons. The molecule has 1 unspecified atom stereocenters. The zero-order valence-corrected chi connectivity index (χ0v) is 13.4. The predicted molar refractivity (Wildman–Crippen MR) is 94.3 cm³/mol. The van der Waals surface area contributed by atoms with Gasteiger partial charge in [0.15, 0.2) is 0 Å². The Bertz CT molecular complexity index is 660. The molecule has 0 saturated heterocycles. The molecule has 2 aromatic carbocycles. The van der Waals surface area contributed by atoms with Crippen LogP contribution in [0.3, 0.4) is 0 Å². The third-order valence-electron chi connectivity index (χ3n) is 3.45. The van der Waals surface area contributed by atoms with E-state index in [-0.39, 0.29) is 0 Å². The fourth-order valence-corrected chi connectivity index (χ4v) is 2.13. The van der Waals surface area contributed by atoms with Gasteiger partial charge in [-0.05, 0) is 42.7 Å². The topological polar surface area (TPSA) is 29.5 Å². The van der Waals surface area contributed by atoms with Crippen LogP contribution in [0.15, 0.2) is 66.7 Å². The Morgan fingerprint density at radius 2 is 1.83 bits per heavy atom. The summed E-state index contributed by atoms with van der Waals surface area (Å²) in [6.45, 7) is 0. The lowest BCUT2D eigenvalue weighted by molar-refractivity contribution is 0.228. The van der Waals surface area contributed by atoms with E-state index in [0.29, 0.717) is 0 Å². The molecule has 2 aromatic rings. The number of hydrogen-bond acceptors (Lipinski definition) is 2. The van der Waals surface area contributed by atoms with Crippen molar-refractivity contribution in [3.63, 3.8) is 0 Å². The first-order valence-electron chi connectivity index (χ1n) is 7.82. The van der Waals surface area contributed by atoms with Gasteiger partial charge >= 0.3 is 0 Å². The minimum Gasteiger partial charge on any atom is -0.497 e. The zero-order valence-electron chi connectivity index (χ0n) is 13.4. The van der Waals surface area contributed by atoms with Gasteiger partial charge in [0.1, 0.15) is 5.75 Å². The number of methoxy groups -OCH3 is 1. The number of aliphatic hydroxyl groups is 1. The van der Waals surface area contributed by atoms with Crippen LogP contribution in [-0.2, 0) is 0 Å². The summed E-state index contributed by atoms with van der Waals surface area (Å²) in [6, 6.07) is 17.4. The number of ether oxygens (including phenoxy) is 1. The second-order valence-corrected chi connectivity index (χ2v) is 5.21. The molecule has 2 nitrogen and oxygen atoms in total.